The van der Waals surface area contributed by atoms with Crippen molar-refractivity contribution in [2.75, 3.05) is 0 Å². The number of hydrogen-bond donors (Lipinski definition) is 3. The van der Waals surface area contributed by atoms with Crippen LogP contribution in [0.25, 0.3) is 0 Å². The molecule has 4 N–H and O–H groups in total. The van der Waals surface area contributed by atoms with Crippen LogP contribution >= 0.6 is 0 Å². The topological polar surface area (TPSA) is 105 Å². The van der Waals surface area contributed by atoms with Crippen LogP contribution in [-0.2, 0) is 11.3 Å². The van der Waals surface area contributed by atoms with Crippen molar-refractivity contribution in [2.45, 2.75) is 32.9 Å². The Balaban J connectivity index is 2.59. The maximum absolute atomic E-state index is 11.8. The molecule has 0 fully saturated rings. The van der Waals surface area contributed by atoms with Crippen molar-refractivity contribution in [3.63, 3.8) is 0 Å². The number of aromatic carboxylic acids is 1. The number of nitrogens with one attached hydrogen (secondary N) is 1. The van der Waals surface area contributed by atoms with Gasteiger partial charge in [0.25, 0.3) is 0 Å². The Morgan fingerprint density at radius 2 is 2.21 bits per heavy atom. The fraction of sp³-hybridized carbons (Fsp3) is 0.462. The number of hydrogen-bond acceptors (Lipinski definition) is 4. The summed E-state index contributed by atoms with van der Waals surface area (Å²) in [6.07, 6.45) is 2.22. The number of amides is 1. The van der Waals surface area contributed by atoms with Crippen LogP contribution in [0.1, 0.15) is 36.3 Å². The molecule has 1 rings (SSSR count). The van der Waals surface area contributed by atoms with Gasteiger partial charge in [-0.3, -0.25) is 9.78 Å². The first kappa shape index (κ1) is 15.1. The Morgan fingerprint density at radius 1 is 1.53 bits per heavy atom. The van der Waals surface area contributed by atoms with Gasteiger partial charge in [-0.1, -0.05) is 20.3 Å². The molecule has 0 spiro atoms. The van der Waals surface area contributed by atoms with Gasteiger partial charge in [0.05, 0.1) is 23.8 Å². The smallest absolute Gasteiger partial charge is 0.335 e. The van der Waals surface area contributed by atoms with Crippen LogP contribution in [0.3, 0.4) is 0 Å². The average Bonchev–Trinajstić information content (AvgIpc) is 2.43. The summed E-state index contributed by atoms with van der Waals surface area (Å²) in [5.41, 5.74) is 6.42. The molecule has 0 radical (unpaired) electrons. The largest absolute Gasteiger partial charge is 0.478 e. The van der Waals surface area contributed by atoms with E-state index in [4.69, 9.17) is 10.8 Å². The zero-order valence-corrected chi connectivity index (χ0v) is 11.1. The van der Waals surface area contributed by atoms with E-state index >= 15 is 0 Å². The number of nitrogens with two attached hydrogens (primary N) is 1. The Kier molecular flexibility index (Phi) is 5.44. The minimum absolute atomic E-state index is 0.0957. The molecule has 0 aliphatic rings. The number of carbonyl (C=O) groups excluding carboxylic acids is 1. The van der Waals surface area contributed by atoms with Crippen LogP contribution in [0.5, 0.6) is 0 Å². The lowest BCUT2D eigenvalue weighted by molar-refractivity contribution is -0.123. The maximum atomic E-state index is 11.8. The highest BCUT2D eigenvalue weighted by molar-refractivity contribution is 5.87. The van der Waals surface area contributed by atoms with Crippen LogP contribution in [0.2, 0.25) is 0 Å². The van der Waals surface area contributed by atoms with E-state index in [9.17, 15) is 9.59 Å². The van der Waals surface area contributed by atoms with E-state index in [0.717, 1.165) is 6.42 Å². The first-order valence-corrected chi connectivity index (χ1v) is 6.17. The Morgan fingerprint density at radius 3 is 2.79 bits per heavy atom. The quantitative estimate of drug-likeness (QED) is 0.704. The van der Waals surface area contributed by atoms with Crippen LogP contribution in [0, 0.1) is 5.92 Å². The van der Waals surface area contributed by atoms with Crippen molar-refractivity contribution < 1.29 is 14.7 Å². The third-order valence-corrected chi connectivity index (χ3v) is 3.07. The van der Waals surface area contributed by atoms with E-state index in [1.807, 2.05) is 13.8 Å². The molecule has 1 amide bonds. The molecule has 1 unspecified atom stereocenters. The van der Waals surface area contributed by atoms with Crippen molar-refractivity contribution in [2.24, 2.45) is 11.7 Å². The molecule has 0 aliphatic heterocycles. The second-order valence-electron chi connectivity index (χ2n) is 4.47. The van der Waals surface area contributed by atoms with Gasteiger partial charge in [-0.2, -0.15) is 0 Å². The minimum atomic E-state index is -1.02. The van der Waals surface area contributed by atoms with Gasteiger partial charge in [0.1, 0.15) is 0 Å². The Bertz CT molecular complexity index is 462. The molecule has 6 nitrogen and oxygen atoms in total. The van der Waals surface area contributed by atoms with Crippen LogP contribution in [0.15, 0.2) is 18.3 Å². The highest BCUT2D eigenvalue weighted by Gasteiger charge is 2.19. The number of nitrogens with zero attached hydrogens (tertiary/aromatic N) is 1. The van der Waals surface area contributed by atoms with Crippen molar-refractivity contribution in [3.8, 4) is 0 Å². The normalized spacial score (nSPS) is 13.6. The predicted octanol–water partition coefficient (Wildman–Crippen LogP) is 0.769. The van der Waals surface area contributed by atoms with Crippen molar-refractivity contribution in [3.05, 3.63) is 29.6 Å². The molecule has 1 heterocycles. The van der Waals surface area contributed by atoms with E-state index in [0.29, 0.717) is 5.69 Å². The summed E-state index contributed by atoms with van der Waals surface area (Å²) >= 11 is 0. The third kappa shape index (κ3) is 4.33. The van der Waals surface area contributed by atoms with Crippen LogP contribution < -0.4 is 11.1 Å². The molecule has 0 saturated heterocycles. The molecule has 19 heavy (non-hydrogen) atoms. The van der Waals surface area contributed by atoms with Crippen LogP contribution in [0.4, 0.5) is 0 Å². The number of carboxylic acids is 1. The molecule has 1 aromatic heterocycles. The molecule has 0 saturated carbocycles. The Hall–Kier alpha value is -1.95. The summed E-state index contributed by atoms with van der Waals surface area (Å²) < 4.78 is 0. The average molecular weight is 265 g/mol. The van der Waals surface area contributed by atoms with Crippen molar-refractivity contribution >= 4 is 11.9 Å². The zero-order valence-electron chi connectivity index (χ0n) is 11.1. The number of pyridine rings is 1. The second-order valence-corrected chi connectivity index (χ2v) is 4.47. The summed E-state index contributed by atoms with van der Waals surface area (Å²) in [6, 6.07) is 2.27. The molecule has 2 atom stereocenters. The van der Waals surface area contributed by atoms with E-state index in [1.54, 1.807) is 0 Å². The van der Waals surface area contributed by atoms with Gasteiger partial charge in [0, 0.05) is 6.20 Å². The standard InChI is InChI=1S/C13H19N3O3/c1-3-8(2)11(14)12(17)16-7-10-6-9(13(18)19)4-5-15-10/h4-6,8,11H,3,7,14H2,1-2H3,(H,16,17)(H,18,19)/t8?,11-/m0/s1. The molecule has 1 aromatic rings. The molecule has 0 aliphatic carbocycles. The van der Waals surface area contributed by atoms with Gasteiger partial charge in [-0.25, -0.2) is 4.79 Å². The lowest BCUT2D eigenvalue weighted by Gasteiger charge is -2.17. The Labute approximate surface area is 112 Å². The fourth-order valence-corrected chi connectivity index (χ4v) is 1.52. The summed E-state index contributed by atoms with van der Waals surface area (Å²) in [4.78, 5) is 26.5. The molecule has 0 aromatic carbocycles. The van der Waals surface area contributed by atoms with Gasteiger partial charge in [0.15, 0.2) is 0 Å². The summed E-state index contributed by atoms with van der Waals surface area (Å²) in [7, 11) is 0. The lowest BCUT2D eigenvalue weighted by Crippen LogP contribution is -2.44. The number of carbonyl (C=O) groups is 2. The lowest BCUT2D eigenvalue weighted by atomic mass is 9.99. The zero-order chi connectivity index (χ0) is 14.4. The minimum Gasteiger partial charge on any atom is -0.478 e. The molecule has 0 bridgehead atoms. The number of aromatic nitrogens is 1. The van der Waals surface area contributed by atoms with E-state index in [-0.39, 0.29) is 23.9 Å². The molecular formula is C13H19N3O3. The summed E-state index contributed by atoms with van der Waals surface area (Å²) in [5, 5.41) is 11.5. The van der Waals surface area contributed by atoms with Crippen LogP contribution in [-0.4, -0.2) is 28.0 Å². The molecular weight excluding hydrogens is 246 g/mol. The monoisotopic (exact) mass is 265 g/mol. The summed E-state index contributed by atoms with van der Waals surface area (Å²) in [6.45, 7) is 4.05. The van der Waals surface area contributed by atoms with E-state index in [1.165, 1.54) is 18.3 Å². The third-order valence-electron chi connectivity index (χ3n) is 3.07. The maximum Gasteiger partial charge on any atom is 0.335 e. The van der Waals surface area contributed by atoms with Gasteiger partial charge in [-0.15, -0.1) is 0 Å². The predicted molar refractivity (Wildman–Crippen MR) is 70.5 cm³/mol. The summed E-state index contributed by atoms with van der Waals surface area (Å²) in [5.74, 6) is -1.18. The number of rotatable bonds is 6. The molecule has 6 heteroatoms. The highest BCUT2D eigenvalue weighted by Crippen LogP contribution is 2.06. The van der Waals surface area contributed by atoms with Gasteiger partial charge in [0.2, 0.25) is 5.91 Å². The van der Waals surface area contributed by atoms with Gasteiger partial charge < -0.3 is 16.2 Å². The fourth-order valence-electron chi connectivity index (χ4n) is 1.52. The van der Waals surface area contributed by atoms with Gasteiger partial charge in [-0.05, 0) is 18.1 Å². The second kappa shape index (κ2) is 6.84. The van der Waals surface area contributed by atoms with Crippen molar-refractivity contribution in [1.29, 1.82) is 0 Å². The van der Waals surface area contributed by atoms with Gasteiger partial charge >= 0.3 is 5.97 Å². The first-order valence-electron chi connectivity index (χ1n) is 6.17. The highest BCUT2D eigenvalue weighted by atomic mass is 16.4. The first-order chi connectivity index (χ1) is 8.95. The number of carboxylic acid groups (broad SMARTS) is 1. The van der Waals surface area contributed by atoms with E-state index in [2.05, 4.69) is 10.3 Å². The van der Waals surface area contributed by atoms with Crippen molar-refractivity contribution in [1.82, 2.24) is 10.3 Å². The van der Waals surface area contributed by atoms with E-state index < -0.39 is 12.0 Å². The SMILES string of the molecule is CCC(C)[C@H](N)C(=O)NCc1cc(C(=O)O)ccn1. The molecule has 104 valence electrons.